The zero-order valence-corrected chi connectivity index (χ0v) is 56.7. The quantitative estimate of drug-likeness (QED) is 0.0533. The van der Waals surface area contributed by atoms with Crippen LogP contribution in [0.5, 0.6) is 0 Å². The SMILES string of the molecule is CC[C@@H](C)CC/C=C(/C)CC/C=C(/C)CC/C=C(/C)CC/C=C(/C)CC/C=C(/C)CC/C=C(/C)CC/C=C(/C)CC/C=C(/C)CC/C=C(/C)CC/C=C(/C)CC/C=C(/C)CC/C=C(/C)CC/C=C(\C)CC/C=C(\C)CCC=C(C)C. The second kappa shape index (κ2) is 50.8. The van der Waals surface area contributed by atoms with Gasteiger partial charge in [0.25, 0.3) is 0 Å². The van der Waals surface area contributed by atoms with Crippen LogP contribution in [-0.4, -0.2) is 0 Å². The summed E-state index contributed by atoms with van der Waals surface area (Å²) in [7, 11) is 0. The zero-order valence-electron chi connectivity index (χ0n) is 56.7. The Morgan fingerprint density at radius 2 is 0.325 bits per heavy atom. The van der Waals surface area contributed by atoms with Crippen molar-refractivity contribution in [1.82, 2.24) is 0 Å². The lowest BCUT2D eigenvalue weighted by molar-refractivity contribution is 0.521. The van der Waals surface area contributed by atoms with Crippen molar-refractivity contribution in [2.24, 2.45) is 5.92 Å². The van der Waals surface area contributed by atoms with E-state index in [9.17, 15) is 0 Å². The van der Waals surface area contributed by atoms with E-state index in [1.807, 2.05) is 0 Å². The van der Waals surface area contributed by atoms with Crippen LogP contribution < -0.4 is 0 Å². The van der Waals surface area contributed by atoms with Gasteiger partial charge in [-0.2, -0.15) is 0 Å². The zero-order chi connectivity index (χ0) is 59.8. The van der Waals surface area contributed by atoms with E-state index in [4.69, 9.17) is 0 Å². The van der Waals surface area contributed by atoms with Gasteiger partial charge in [0.2, 0.25) is 0 Å². The van der Waals surface area contributed by atoms with E-state index in [0.29, 0.717) is 0 Å². The summed E-state index contributed by atoms with van der Waals surface area (Å²) < 4.78 is 0. The third kappa shape index (κ3) is 51.0. The van der Waals surface area contributed by atoms with Gasteiger partial charge in [-0.3, -0.25) is 0 Å². The van der Waals surface area contributed by atoms with Crippen molar-refractivity contribution >= 4 is 0 Å². The Kier molecular flexibility index (Phi) is 48.3. The smallest absolute Gasteiger partial charge is 0.0288 e. The van der Waals surface area contributed by atoms with E-state index in [1.54, 1.807) is 11.1 Å². The predicted molar refractivity (Wildman–Crippen MR) is 370 cm³/mol. The summed E-state index contributed by atoms with van der Waals surface area (Å²) in [6.07, 6.45) is 73.6. The van der Waals surface area contributed by atoms with Gasteiger partial charge in [0.1, 0.15) is 0 Å². The third-order valence-corrected chi connectivity index (χ3v) is 16.3. The first kappa shape index (κ1) is 76.1. The molecule has 80 heavy (non-hydrogen) atoms. The largest absolute Gasteiger partial charge is 0.0856 e. The number of hydrogen-bond acceptors (Lipinski definition) is 0. The number of rotatable bonds is 46. The van der Waals surface area contributed by atoms with Crippen LogP contribution in [0, 0.1) is 5.92 Å². The summed E-state index contributed by atoms with van der Waals surface area (Å²) in [6, 6.07) is 0. The minimum Gasteiger partial charge on any atom is -0.0856 e. The molecule has 0 unspecified atom stereocenters. The van der Waals surface area contributed by atoms with Gasteiger partial charge in [0.15, 0.2) is 0 Å². The van der Waals surface area contributed by atoms with E-state index in [2.05, 4.69) is 216 Å². The van der Waals surface area contributed by atoms with E-state index in [0.717, 1.165) is 70.1 Å². The van der Waals surface area contributed by atoms with Gasteiger partial charge in [0.05, 0.1) is 0 Å². The van der Waals surface area contributed by atoms with Crippen molar-refractivity contribution in [3.05, 3.63) is 175 Å². The Morgan fingerprint density at radius 3 is 0.450 bits per heavy atom. The van der Waals surface area contributed by atoms with Crippen LogP contribution in [-0.2, 0) is 0 Å². The van der Waals surface area contributed by atoms with Crippen molar-refractivity contribution in [3.63, 3.8) is 0 Å². The summed E-state index contributed by atoms with van der Waals surface area (Å²) >= 11 is 0. The Labute approximate surface area is 501 Å². The standard InChI is InChI=1S/C80H132/c1-19-66(4)36-21-38-68(6)40-23-42-70(8)44-25-46-72(10)48-27-50-74(12)52-29-54-76(14)56-31-58-78(16)60-33-62-80(18)64-34-63-79(17)61-32-59-77(15)57-30-55-75(13)53-28-51-73(11)49-26-47-71(9)45-24-43-69(7)41-22-39-67(5)37-20-35-65(2)3/h35,38-39,42-43,46-47,50-51,54-55,58-59,62-63,66H,19-34,36-37,40-41,44-45,48-49,52-53,56-57,60-61,64H2,1-18H3/b67-39+,68-38-,69-43+,70-42-,71-47-,72-46-,73-51-,74-50-,75-55-,76-54-,77-59-,78-58-,79-63-,80-62-/t66-/m1/s1. The lowest BCUT2D eigenvalue weighted by Gasteiger charge is -2.06. The summed E-state index contributed by atoms with van der Waals surface area (Å²) in [5.74, 6) is 0.848. The molecular weight excluding hydrogens is 961 g/mol. The fourth-order valence-corrected chi connectivity index (χ4v) is 9.94. The van der Waals surface area contributed by atoms with Crippen molar-refractivity contribution in [1.29, 1.82) is 0 Å². The van der Waals surface area contributed by atoms with Crippen LogP contribution in [0.4, 0.5) is 0 Å². The molecule has 0 aromatic rings. The first-order chi connectivity index (χ1) is 38.2. The lowest BCUT2D eigenvalue weighted by Crippen LogP contribution is -1.90. The van der Waals surface area contributed by atoms with Gasteiger partial charge in [-0.25, -0.2) is 0 Å². The molecule has 0 heterocycles. The molecule has 0 rings (SSSR count). The predicted octanol–water partition coefficient (Wildman–Crippen LogP) is 27.9. The maximum atomic E-state index is 2.48. The molecule has 0 aromatic heterocycles. The molecule has 452 valence electrons. The van der Waals surface area contributed by atoms with Crippen molar-refractivity contribution < 1.29 is 0 Å². The minimum atomic E-state index is 0.848. The molecule has 0 fully saturated rings. The summed E-state index contributed by atoms with van der Waals surface area (Å²) in [6.45, 7) is 41.4. The van der Waals surface area contributed by atoms with Crippen LogP contribution in [0.2, 0.25) is 0 Å². The average molecular weight is 1090 g/mol. The molecule has 0 aliphatic heterocycles. The molecule has 0 aliphatic rings. The Bertz CT molecular complexity index is 2140. The first-order valence-electron chi connectivity index (χ1n) is 33.0. The minimum absolute atomic E-state index is 0.848. The number of allylic oxidation sites excluding steroid dienone is 30. The summed E-state index contributed by atoms with van der Waals surface area (Å²) in [5, 5.41) is 0. The second-order valence-corrected chi connectivity index (χ2v) is 25.6. The molecule has 0 aliphatic carbocycles. The molecule has 0 amide bonds. The molecule has 0 saturated heterocycles. The van der Waals surface area contributed by atoms with E-state index in [-0.39, 0.29) is 0 Å². The van der Waals surface area contributed by atoms with Crippen LogP contribution in [0.3, 0.4) is 0 Å². The Balaban J connectivity index is 4.32. The normalized spacial score (nSPS) is 15.4. The highest BCUT2D eigenvalue weighted by Gasteiger charge is 2.01. The van der Waals surface area contributed by atoms with Gasteiger partial charge >= 0.3 is 0 Å². The number of hydrogen-bond donors (Lipinski definition) is 0. The van der Waals surface area contributed by atoms with E-state index >= 15 is 0 Å². The third-order valence-electron chi connectivity index (χ3n) is 16.3. The summed E-state index contributed by atoms with van der Waals surface area (Å²) in [5.41, 5.74) is 22.9. The van der Waals surface area contributed by atoms with Gasteiger partial charge in [-0.1, -0.05) is 195 Å². The van der Waals surface area contributed by atoms with Crippen LogP contribution in [0.25, 0.3) is 0 Å². The van der Waals surface area contributed by atoms with E-state index in [1.165, 1.54) is 207 Å². The van der Waals surface area contributed by atoms with Crippen LogP contribution in [0.15, 0.2) is 175 Å². The highest BCUT2D eigenvalue weighted by atomic mass is 14.1. The highest BCUT2D eigenvalue weighted by molar-refractivity contribution is 5.13. The average Bonchev–Trinajstić information content (AvgIpc) is 3.38. The molecule has 0 heteroatoms. The topological polar surface area (TPSA) is 0 Å². The fraction of sp³-hybridized carbons (Fsp3) is 0.625. The van der Waals surface area contributed by atoms with Crippen molar-refractivity contribution in [2.75, 3.05) is 0 Å². The van der Waals surface area contributed by atoms with E-state index < -0.39 is 0 Å². The molecule has 0 radical (unpaired) electrons. The van der Waals surface area contributed by atoms with Gasteiger partial charge in [-0.05, 0) is 309 Å². The second-order valence-electron chi connectivity index (χ2n) is 25.6. The van der Waals surface area contributed by atoms with Crippen LogP contribution >= 0.6 is 0 Å². The fourth-order valence-electron chi connectivity index (χ4n) is 9.94. The molecule has 0 bridgehead atoms. The summed E-state index contributed by atoms with van der Waals surface area (Å²) in [4.78, 5) is 0. The maximum Gasteiger partial charge on any atom is -0.0288 e. The molecule has 0 saturated carbocycles. The molecule has 0 N–H and O–H groups in total. The Hall–Kier alpha value is -3.90. The molecular formula is C80H132. The first-order valence-corrected chi connectivity index (χ1v) is 33.0. The van der Waals surface area contributed by atoms with Gasteiger partial charge in [0, 0.05) is 0 Å². The van der Waals surface area contributed by atoms with Gasteiger partial charge < -0.3 is 0 Å². The molecule has 1 atom stereocenters. The lowest BCUT2D eigenvalue weighted by atomic mass is 10.0. The van der Waals surface area contributed by atoms with Crippen molar-refractivity contribution in [2.45, 2.75) is 324 Å². The van der Waals surface area contributed by atoms with Gasteiger partial charge in [-0.15, -0.1) is 0 Å². The molecule has 0 nitrogen and oxygen atoms in total. The monoisotopic (exact) mass is 1090 g/mol. The van der Waals surface area contributed by atoms with Crippen molar-refractivity contribution in [3.8, 4) is 0 Å². The Morgan fingerprint density at radius 1 is 0.200 bits per heavy atom. The highest BCUT2D eigenvalue weighted by Crippen LogP contribution is 2.21. The molecule has 0 aromatic carbocycles. The van der Waals surface area contributed by atoms with Crippen LogP contribution in [0.1, 0.15) is 324 Å². The maximum absolute atomic E-state index is 2.48. The molecule has 0 spiro atoms.